The first-order valence-electron chi connectivity index (χ1n) is 5.26. The highest BCUT2D eigenvalue weighted by molar-refractivity contribution is 7.09. The van der Waals surface area contributed by atoms with Crippen LogP contribution in [-0.2, 0) is 12.8 Å². The first-order valence-corrected chi connectivity index (χ1v) is 6.14. The second kappa shape index (κ2) is 6.14. The Kier molecular flexibility index (Phi) is 5.12. The maximum Gasteiger partial charge on any atom is 0.0928 e. The zero-order valence-electron chi connectivity index (χ0n) is 8.99. The highest BCUT2D eigenvalue weighted by Crippen LogP contribution is 2.15. The first kappa shape index (κ1) is 11.7. The van der Waals surface area contributed by atoms with Gasteiger partial charge in [-0.1, -0.05) is 13.8 Å². The van der Waals surface area contributed by atoms with Gasteiger partial charge in [-0.15, -0.1) is 11.3 Å². The molecule has 0 atom stereocenters. The van der Waals surface area contributed by atoms with Crippen molar-refractivity contribution in [3.05, 3.63) is 16.1 Å². The van der Waals surface area contributed by atoms with E-state index < -0.39 is 0 Å². The number of rotatable bonds is 6. The van der Waals surface area contributed by atoms with Crippen molar-refractivity contribution in [1.82, 2.24) is 4.98 Å². The van der Waals surface area contributed by atoms with Crippen molar-refractivity contribution < 1.29 is 5.11 Å². The Labute approximate surface area is 90.0 Å². The molecule has 1 aromatic rings. The maximum atomic E-state index is 8.65. The third-order valence-electron chi connectivity index (χ3n) is 2.02. The van der Waals surface area contributed by atoms with Crippen molar-refractivity contribution >= 4 is 11.3 Å². The summed E-state index contributed by atoms with van der Waals surface area (Å²) < 4.78 is 0. The van der Waals surface area contributed by atoms with Gasteiger partial charge in [-0.2, -0.15) is 0 Å². The van der Waals surface area contributed by atoms with Crippen LogP contribution in [0.4, 0.5) is 0 Å². The third-order valence-corrected chi connectivity index (χ3v) is 2.97. The molecule has 0 amide bonds. The lowest BCUT2D eigenvalue weighted by Crippen LogP contribution is -1.95. The molecule has 0 aliphatic carbocycles. The van der Waals surface area contributed by atoms with Crippen LogP contribution in [0.1, 0.15) is 37.4 Å². The van der Waals surface area contributed by atoms with Crippen LogP contribution in [-0.4, -0.2) is 16.7 Å². The molecular weight excluding hydrogens is 194 g/mol. The minimum Gasteiger partial charge on any atom is -0.396 e. The van der Waals surface area contributed by atoms with Crippen LogP contribution >= 0.6 is 11.3 Å². The van der Waals surface area contributed by atoms with Crippen LogP contribution in [0.25, 0.3) is 0 Å². The van der Waals surface area contributed by atoms with E-state index in [1.807, 2.05) is 0 Å². The van der Waals surface area contributed by atoms with Crippen molar-refractivity contribution in [2.75, 3.05) is 6.61 Å². The van der Waals surface area contributed by atoms with Gasteiger partial charge in [0, 0.05) is 12.0 Å². The van der Waals surface area contributed by atoms with Crippen LogP contribution in [0.5, 0.6) is 0 Å². The number of aryl methyl sites for hydroxylation is 1. The molecule has 0 aromatic carbocycles. The average Bonchev–Trinajstić information content (AvgIpc) is 2.52. The molecule has 0 fully saturated rings. The molecule has 1 aromatic heterocycles. The Hall–Kier alpha value is -0.410. The maximum absolute atomic E-state index is 8.65. The second-order valence-corrected chi connectivity index (χ2v) is 4.95. The molecule has 0 bridgehead atoms. The normalized spacial score (nSPS) is 11.1. The van der Waals surface area contributed by atoms with Crippen molar-refractivity contribution in [2.24, 2.45) is 5.92 Å². The Morgan fingerprint density at radius 1 is 1.43 bits per heavy atom. The number of hydrogen-bond acceptors (Lipinski definition) is 3. The van der Waals surface area contributed by atoms with Gasteiger partial charge in [0.25, 0.3) is 0 Å². The van der Waals surface area contributed by atoms with Crippen molar-refractivity contribution in [3.63, 3.8) is 0 Å². The molecule has 0 spiro atoms. The molecule has 0 aliphatic heterocycles. The van der Waals surface area contributed by atoms with E-state index in [2.05, 4.69) is 24.2 Å². The lowest BCUT2D eigenvalue weighted by molar-refractivity contribution is 0.284. The minimum absolute atomic E-state index is 0.296. The Balaban J connectivity index is 2.35. The molecule has 0 saturated heterocycles. The van der Waals surface area contributed by atoms with Crippen LogP contribution < -0.4 is 0 Å². The van der Waals surface area contributed by atoms with Crippen LogP contribution in [0.15, 0.2) is 5.38 Å². The lowest BCUT2D eigenvalue weighted by Gasteiger charge is -1.99. The van der Waals surface area contributed by atoms with Crippen LogP contribution in [0, 0.1) is 5.92 Å². The SMILES string of the molecule is CC(C)Cc1csc(CCCCO)n1. The number of hydrogen-bond donors (Lipinski definition) is 1. The molecule has 14 heavy (non-hydrogen) atoms. The van der Waals surface area contributed by atoms with E-state index in [1.54, 1.807) is 11.3 Å². The molecule has 80 valence electrons. The van der Waals surface area contributed by atoms with Gasteiger partial charge in [-0.05, 0) is 31.6 Å². The molecule has 2 nitrogen and oxygen atoms in total. The summed E-state index contributed by atoms with van der Waals surface area (Å²) in [6, 6.07) is 0. The van der Waals surface area contributed by atoms with Gasteiger partial charge >= 0.3 is 0 Å². The summed E-state index contributed by atoms with van der Waals surface area (Å²) in [5.41, 5.74) is 1.23. The molecule has 0 radical (unpaired) electrons. The van der Waals surface area contributed by atoms with Gasteiger partial charge < -0.3 is 5.11 Å². The van der Waals surface area contributed by atoms with Crippen LogP contribution in [0.3, 0.4) is 0 Å². The van der Waals surface area contributed by atoms with Gasteiger partial charge in [-0.25, -0.2) is 4.98 Å². The highest BCUT2D eigenvalue weighted by Gasteiger charge is 2.03. The van der Waals surface area contributed by atoms with E-state index in [-0.39, 0.29) is 0 Å². The van der Waals surface area contributed by atoms with Gasteiger partial charge in [0.2, 0.25) is 0 Å². The van der Waals surface area contributed by atoms with Crippen molar-refractivity contribution in [2.45, 2.75) is 39.5 Å². The van der Waals surface area contributed by atoms with Gasteiger partial charge in [0.05, 0.1) is 10.7 Å². The van der Waals surface area contributed by atoms with E-state index >= 15 is 0 Å². The molecular formula is C11H19NOS. The smallest absolute Gasteiger partial charge is 0.0928 e. The van der Waals surface area contributed by atoms with Crippen molar-refractivity contribution in [3.8, 4) is 0 Å². The number of nitrogens with zero attached hydrogens (tertiary/aromatic N) is 1. The predicted molar refractivity (Wildman–Crippen MR) is 60.7 cm³/mol. The molecule has 0 aliphatic rings. The average molecular weight is 213 g/mol. The quantitative estimate of drug-likeness (QED) is 0.737. The van der Waals surface area contributed by atoms with E-state index in [0.717, 1.165) is 25.7 Å². The zero-order valence-corrected chi connectivity index (χ0v) is 9.81. The van der Waals surface area contributed by atoms with Crippen LogP contribution in [0.2, 0.25) is 0 Å². The van der Waals surface area contributed by atoms with Crippen molar-refractivity contribution in [1.29, 1.82) is 0 Å². The summed E-state index contributed by atoms with van der Waals surface area (Å²) in [5, 5.41) is 12.0. The number of aromatic nitrogens is 1. The van der Waals surface area contributed by atoms with E-state index in [9.17, 15) is 0 Å². The van der Waals surface area contributed by atoms with E-state index in [4.69, 9.17) is 5.11 Å². The Bertz CT molecular complexity index is 258. The number of unbranched alkanes of at least 4 members (excludes halogenated alkanes) is 1. The fraction of sp³-hybridized carbons (Fsp3) is 0.727. The first-order chi connectivity index (χ1) is 6.72. The summed E-state index contributed by atoms with van der Waals surface area (Å²) in [7, 11) is 0. The Morgan fingerprint density at radius 3 is 2.86 bits per heavy atom. The largest absolute Gasteiger partial charge is 0.396 e. The summed E-state index contributed by atoms with van der Waals surface area (Å²) in [4.78, 5) is 4.56. The third kappa shape index (κ3) is 4.20. The predicted octanol–water partition coefficient (Wildman–Crippen LogP) is 2.66. The molecule has 1 heterocycles. The van der Waals surface area contributed by atoms with E-state index in [0.29, 0.717) is 12.5 Å². The standard InChI is InChI=1S/C11H19NOS/c1-9(2)7-10-8-14-11(12-10)5-3-4-6-13/h8-9,13H,3-7H2,1-2H3. The number of aliphatic hydroxyl groups excluding tert-OH is 1. The van der Waals surface area contributed by atoms with E-state index in [1.165, 1.54) is 10.7 Å². The van der Waals surface area contributed by atoms with Gasteiger partial charge in [0.15, 0.2) is 0 Å². The topological polar surface area (TPSA) is 33.1 Å². The number of thiazole rings is 1. The summed E-state index contributed by atoms with van der Waals surface area (Å²) in [6.07, 6.45) is 4.03. The molecule has 3 heteroatoms. The summed E-state index contributed by atoms with van der Waals surface area (Å²) >= 11 is 1.75. The molecule has 1 rings (SSSR count). The highest BCUT2D eigenvalue weighted by atomic mass is 32.1. The lowest BCUT2D eigenvalue weighted by atomic mass is 10.1. The molecule has 0 unspecified atom stereocenters. The Morgan fingerprint density at radius 2 is 2.21 bits per heavy atom. The fourth-order valence-electron chi connectivity index (χ4n) is 1.36. The minimum atomic E-state index is 0.296. The zero-order chi connectivity index (χ0) is 10.4. The fourth-order valence-corrected chi connectivity index (χ4v) is 2.22. The summed E-state index contributed by atoms with van der Waals surface area (Å²) in [5.74, 6) is 0.683. The second-order valence-electron chi connectivity index (χ2n) is 4.01. The molecule has 0 saturated carbocycles. The van der Waals surface area contributed by atoms with Gasteiger partial charge in [0.1, 0.15) is 0 Å². The monoisotopic (exact) mass is 213 g/mol. The number of aliphatic hydroxyl groups is 1. The summed E-state index contributed by atoms with van der Waals surface area (Å²) in [6.45, 7) is 4.72. The molecule has 1 N–H and O–H groups in total. The van der Waals surface area contributed by atoms with Gasteiger partial charge in [-0.3, -0.25) is 0 Å².